The SMILES string of the molecule is Cc1nc(C(=O)Nc2ccnc(Cl)c2)c2n1-c1cc(Cl)c(F)cc1S(=O)C2. The number of carbonyl (C=O) groups is 1. The molecule has 2 aromatic heterocycles. The van der Waals surface area contributed by atoms with Gasteiger partial charge in [0.2, 0.25) is 0 Å². The summed E-state index contributed by atoms with van der Waals surface area (Å²) in [5.74, 6) is -0.571. The number of amides is 1. The number of hydrogen-bond acceptors (Lipinski definition) is 4. The van der Waals surface area contributed by atoms with Crippen molar-refractivity contribution in [3.05, 3.63) is 63.7 Å². The molecular weight excluding hydrogens is 414 g/mol. The van der Waals surface area contributed by atoms with Crippen LogP contribution in [0.5, 0.6) is 0 Å². The molecule has 27 heavy (non-hydrogen) atoms. The summed E-state index contributed by atoms with van der Waals surface area (Å²) in [4.78, 5) is 21.2. The van der Waals surface area contributed by atoms with Gasteiger partial charge in [-0.05, 0) is 31.2 Å². The predicted octanol–water partition coefficient (Wildman–Crippen LogP) is 3.90. The monoisotopic (exact) mass is 424 g/mol. The van der Waals surface area contributed by atoms with Gasteiger partial charge in [-0.1, -0.05) is 23.2 Å². The van der Waals surface area contributed by atoms with Gasteiger partial charge in [0, 0.05) is 11.9 Å². The highest BCUT2D eigenvalue weighted by Crippen LogP contribution is 2.34. The van der Waals surface area contributed by atoms with E-state index in [-0.39, 0.29) is 21.6 Å². The number of aromatic nitrogens is 3. The van der Waals surface area contributed by atoms with Crippen molar-refractivity contribution in [1.29, 1.82) is 0 Å². The van der Waals surface area contributed by atoms with Crippen LogP contribution in [0.4, 0.5) is 10.1 Å². The van der Waals surface area contributed by atoms with Crippen molar-refractivity contribution in [2.24, 2.45) is 0 Å². The van der Waals surface area contributed by atoms with E-state index in [1.807, 2.05) is 0 Å². The third-order valence-electron chi connectivity index (χ3n) is 4.10. The van der Waals surface area contributed by atoms with Gasteiger partial charge in [-0.2, -0.15) is 0 Å². The number of fused-ring (bicyclic) bond motifs is 3. The standard InChI is InChI=1S/C17H11Cl2FN4O2S/c1-8-22-16(17(25)23-9-2-3-21-15(19)4-9)13-7-27(26)14-6-11(20)10(18)5-12(14)24(8)13/h2-6H,7H2,1H3,(H,21,23,25). The Labute approximate surface area is 165 Å². The summed E-state index contributed by atoms with van der Waals surface area (Å²) in [6.07, 6.45) is 1.47. The Morgan fingerprint density at radius 1 is 1.33 bits per heavy atom. The smallest absolute Gasteiger partial charge is 0.276 e. The number of carbonyl (C=O) groups excluding carboxylic acids is 1. The van der Waals surface area contributed by atoms with Crippen molar-refractivity contribution in [1.82, 2.24) is 14.5 Å². The molecule has 0 spiro atoms. The molecule has 0 saturated heterocycles. The number of nitrogens with one attached hydrogen (secondary N) is 1. The molecule has 1 aliphatic heterocycles. The molecular formula is C17H11Cl2FN4O2S. The van der Waals surface area contributed by atoms with Crippen LogP contribution >= 0.6 is 23.2 Å². The minimum atomic E-state index is -1.53. The van der Waals surface area contributed by atoms with Crippen LogP contribution in [0.2, 0.25) is 10.2 Å². The summed E-state index contributed by atoms with van der Waals surface area (Å²) >= 11 is 11.7. The van der Waals surface area contributed by atoms with Gasteiger partial charge < -0.3 is 5.32 Å². The lowest BCUT2D eigenvalue weighted by Gasteiger charge is -2.20. The van der Waals surface area contributed by atoms with E-state index in [2.05, 4.69) is 15.3 Å². The van der Waals surface area contributed by atoms with Crippen molar-refractivity contribution in [2.45, 2.75) is 17.6 Å². The topological polar surface area (TPSA) is 76.9 Å². The fourth-order valence-electron chi connectivity index (χ4n) is 2.96. The normalized spacial score (nSPS) is 15.2. The molecule has 0 fully saturated rings. The molecule has 138 valence electrons. The van der Waals surface area contributed by atoms with Crippen molar-refractivity contribution >= 4 is 45.6 Å². The summed E-state index contributed by atoms with van der Waals surface area (Å²) in [5, 5.41) is 2.84. The number of nitrogens with zero attached hydrogens (tertiary/aromatic N) is 3. The molecule has 6 nitrogen and oxygen atoms in total. The summed E-state index contributed by atoms with van der Waals surface area (Å²) < 4.78 is 28.1. The molecule has 0 bridgehead atoms. The average molecular weight is 425 g/mol. The fraction of sp³-hybridized carbons (Fsp3) is 0.118. The van der Waals surface area contributed by atoms with Crippen LogP contribution in [0, 0.1) is 12.7 Å². The zero-order valence-electron chi connectivity index (χ0n) is 13.8. The highest BCUT2D eigenvalue weighted by molar-refractivity contribution is 7.84. The minimum Gasteiger partial charge on any atom is -0.320 e. The van der Waals surface area contributed by atoms with E-state index in [1.165, 1.54) is 18.3 Å². The quantitative estimate of drug-likeness (QED) is 0.632. The maximum absolute atomic E-state index is 13.8. The first-order chi connectivity index (χ1) is 12.8. The van der Waals surface area contributed by atoms with Crippen molar-refractivity contribution < 1.29 is 13.4 Å². The van der Waals surface area contributed by atoms with Crippen LogP contribution in [0.25, 0.3) is 5.69 Å². The summed E-state index contributed by atoms with van der Waals surface area (Å²) in [6.45, 7) is 1.71. The van der Waals surface area contributed by atoms with E-state index in [4.69, 9.17) is 23.2 Å². The number of hydrogen-bond donors (Lipinski definition) is 1. The van der Waals surface area contributed by atoms with E-state index in [9.17, 15) is 13.4 Å². The molecule has 3 heterocycles. The highest BCUT2D eigenvalue weighted by atomic mass is 35.5. The van der Waals surface area contributed by atoms with Crippen LogP contribution in [-0.2, 0) is 16.6 Å². The van der Waals surface area contributed by atoms with Crippen LogP contribution in [0.15, 0.2) is 35.4 Å². The average Bonchev–Trinajstić information content (AvgIpc) is 2.93. The number of imidazole rings is 1. The Balaban J connectivity index is 1.80. The molecule has 1 unspecified atom stereocenters. The third-order valence-corrected chi connectivity index (χ3v) is 5.95. The fourth-order valence-corrected chi connectivity index (χ4v) is 4.58. The molecule has 0 saturated carbocycles. The van der Waals surface area contributed by atoms with Crippen molar-refractivity contribution in [2.75, 3.05) is 5.32 Å². The molecule has 3 aromatic rings. The predicted molar refractivity (Wildman–Crippen MR) is 101 cm³/mol. The minimum absolute atomic E-state index is 0.0365. The molecule has 0 radical (unpaired) electrons. The number of halogens is 3. The third kappa shape index (κ3) is 3.13. The zero-order chi connectivity index (χ0) is 19.3. The molecule has 1 amide bonds. The first-order valence-electron chi connectivity index (χ1n) is 7.74. The van der Waals surface area contributed by atoms with E-state index in [0.717, 1.165) is 6.07 Å². The number of pyridine rings is 1. The largest absolute Gasteiger partial charge is 0.320 e. The maximum atomic E-state index is 13.8. The lowest BCUT2D eigenvalue weighted by atomic mass is 10.2. The Bertz CT molecular complexity index is 1130. The lowest BCUT2D eigenvalue weighted by molar-refractivity contribution is 0.102. The number of rotatable bonds is 2. The van der Waals surface area contributed by atoms with Crippen molar-refractivity contribution in [3.63, 3.8) is 0 Å². The van der Waals surface area contributed by atoms with E-state index in [1.54, 1.807) is 17.6 Å². The van der Waals surface area contributed by atoms with Crippen LogP contribution in [0.3, 0.4) is 0 Å². The Morgan fingerprint density at radius 3 is 2.85 bits per heavy atom. The second kappa shape index (κ2) is 6.70. The Hall–Kier alpha value is -2.29. The molecule has 1 aromatic carbocycles. The van der Waals surface area contributed by atoms with Gasteiger partial charge in [-0.15, -0.1) is 0 Å². The van der Waals surface area contributed by atoms with E-state index < -0.39 is 22.5 Å². The van der Waals surface area contributed by atoms with Crippen LogP contribution < -0.4 is 5.32 Å². The first kappa shape index (κ1) is 18.1. The summed E-state index contributed by atoms with van der Waals surface area (Å²) in [6, 6.07) is 5.65. The van der Waals surface area contributed by atoms with E-state index >= 15 is 0 Å². The highest BCUT2D eigenvalue weighted by Gasteiger charge is 2.30. The number of anilines is 1. The van der Waals surface area contributed by atoms with Gasteiger partial charge in [0.15, 0.2) is 5.69 Å². The van der Waals surface area contributed by atoms with Crippen LogP contribution in [0.1, 0.15) is 22.0 Å². The van der Waals surface area contributed by atoms with Gasteiger partial charge in [0.1, 0.15) is 16.8 Å². The molecule has 1 atom stereocenters. The summed E-state index contributed by atoms with van der Waals surface area (Å²) in [7, 11) is -1.53. The van der Waals surface area contributed by atoms with E-state index in [0.29, 0.717) is 27.8 Å². The second-order valence-electron chi connectivity index (χ2n) is 5.83. The van der Waals surface area contributed by atoms with Crippen LogP contribution in [-0.4, -0.2) is 24.7 Å². The van der Waals surface area contributed by atoms with Gasteiger partial charge in [-0.25, -0.2) is 14.4 Å². The zero-order valence-corrected chi connectivity index (χ0v) is 16.1. The summed E-state index contributed by atoms with van der Waals surface area (Å²) in [5.41, 5.74) is 1.53. The van der Waals surface area contributed by atoms with Gasteiger partial charge >= 0.3 is 0 Å². The molecule has 4 rings (SSSR count). The molecule has 1 aliphatic rings. The maximum Gasteiger partial charge on any atom is 0.276 e. The first-order valence-corrected chi connectivity index (χ1v) is 9.81. The van der Waals surface area contributed by atoms with Gasteiger partial charge in [-0.3, -0.25) is 13.6 Å². The number of aryl methyl sites for hydroxylation is 1. The van der Waals surface area contributed by atoms with Gasteiger partial charge in [0.05, 0.1) is 37.9 Å². The molecule has 0 aliphatic carbocycles. The Morgan fingerprint density at radius 2 is 2.11 bits per heavy atom. The van der Waals surface area contributed by atoms with Crippen molar-refractivity contribution in [3.8, 4) is 5.69 Å². The Kier molecular flexibility index (Phi) is 4.49. The molecule has 1 N–H and O–H groups in total. The number of benzene rings is 1. The molecule has 10 heteroatoms. The van der Waals surface area contributed by atoms with Gasteiger partial charge in [0.25, 0.3) is 5.91 Å². The second-order valence-corrected chi connectivity index (χ2v) is 8.05. The lowest BCUT2D eigenvalue weighted by Crippen LogP contribution is -2.20.